The first-order valence-electron chi connectivity index (χ1n) is 3.01. The molecule has 0 aliphatic heterocycles. The number of halogens is 1. The molecule has 0 radical (unpaired) electrons. The Morgan fingerprint density at radius 1 is 1.36 bits per heavy atom. The number of rotatable bonds is 2. The first-order valence-corrected chi connectivity index (χ1v) is 5.01. The number of hydrogen-bond acceptors (Lipinski definition) is 2. The van der Waals surface area contributed by atoms with E-state index in [1.807, 2.05) is 0 Å². The van der Waals surface area contributed by atoms with Crippen LogP contribution in [-0.4, -0.2) is 25.8 Å². The summed E-state index contributed by atoms with van der Waals surface area (Å²) in [4.78, 5) is 31.1. The highest BCUT2D eigenvalue weighted by molar-refractivity contribution is 7.45. The fraction of sp³-hybridized carbons (Fsp3) is 0.167. The lowest BCUT2D eigenvalue weighted by Crippen LogP contribution is -1.88. The largest absolute Gasteiger partial charge is 0.481 e. The van der Waals surface area contributed by atoms with Gasteiger partial charge in [-0.3, -0.25) is 4.79 Å². The van der Waals surface area contributed by atoms with Crippen LogP contribution in [0.3, 0.4) is 0 Å². The molecule has 0 aliphatic rings. The first kappa shape index (κ1) is 19.0. The summed E-state index contributed by atoms with van der Waals surface area (Å²) in [6, 6.07) is 0. The van der Waals surface area contributed by atoms with Gasteiger partial charge in [-0.15, -0.1) is 6.58 Å². The molecule has 84 valence electrons. The molecule has 0 spiro atoms. The number of aliphatic carboxylic acids is 1. The number of carboxylic acid groups (broad SMARTS) is 1. The normalized spacial score (nSPS) is 8.29. The minimum atomic E-state index is -4.64. The van der Waals surface area contributed by atoms with Gasteiger partial charge >= 0.3 is 13.8 Å². The van der Waals surface area contributed by atoms with Crippen LogP contribution < -0.4 is 0 Å². The van der Waals surface area contributed by atoms with Crippen molar-refractivity contribution in [2.24, 2.45) is 0 Å². The first-order chi connectivity index (χ1) is 6.18. The monoisotopic (exact) mass is 246 g/mol. The fourth-order valence-corrected chi connectivity index (χ4v) is 0.123. The van der Waals surface area contributed by atoms with E-state index >= 15 is 0 Å². The minimum absolute atomic E-state index is 0.0556. The molecular weight excluding hydrogens is 234 g/mol. The van der Waals surface area contributed by atoms with Crippen LogP contribution in [0, 0.1) is 0 Å². The van der Waals surface area contributed by atoms with Crippen LogP contribution >= 0.6 is 19.4 Å². The molecule has 0 heterocycles. The van der Waals surface area contributed by atoms with Gasteiger partial charge in [0.1, 0.15) is 0 Å². The van der Waals surface area contributed by atoms with Crippen molar-refractivity contribution < 1.29 is 29.1 Å². The molecule has 6 nitrogen and oxygen atoms in total. The number of carbonyl (C=O) groups is 1. The maximum absolute atomic E-state index is 9.53. The van der Waals surface area contributed by atoms with E-state index in [4.69, 9.17) is 36.0 Å². The predicted octanol–water partition coefficient (Wildman–Crippen LogP) is 1.09. The Bertz CT molecular complexity index is 202. The quantitative estimate of drug-likeness (QED) is 0.428. The molecule has 0 aliphatic carbocycles. The van der Waals surface area contributed by atoms with Crippen LogP contribution in [0.2, 0.25) is 0 Å². The summed E-state index contributed by atoms with van der Waals surface area (Å²) in [5.41, 5.74) is 1.22. The van der Waals surface area contributed by atoms with Crippen molar-refractivity contribution in [1.29, 1.82) is 0 Å². The van der Waals surface area contributed by atoms with Crippen molar-refractivity contribution in [2.75, 3.05) is 0 Å². The molecule has 8 heteroatoms. The molecule has 0 fully saturated rings. The molecule has 0 unspecified atom stereocenters. The molecule has 0 atom stereocenters. The minimum Gasteiger partial charge on any atom is -0.481 e. The van der Waals surface area contributed by atoms with E-state index in [0.29, 0.717) is 0 Å². The summed E-state index contributed by atoms with van der Waals surface area (Å²) in [6.45, 7) is 6.35. The van der Waals surface area contributed by atoms with Gasteiger partial charge in [0.2, 0.25) is 0 Å². The van der Waals surface area contributed by atoms with E-state index in [9.17, 15) is 4.79 Å². The maximum atomic E-state index is 9.53. The molecule has 0 aromatic carbocycles. The van der Waals surface area contributed by atoms with Crippen molar-refractivity contribution in [3.8, 4) is 0 Å². The summed E-state index contributed by atoms with van der Waals surface area (Å²) < 4.78 is 8.88. The highest BCUT2D eigenvalue weighted by atomic mass is 35.5. The maximum Gasteiger partial charge on any atom is 0.466 e. The molecule has 0 amide bonds. The second-order valence-corrected chi connectivity index (χ2v) is 2.89. The summed E-state index contributed by atoms with van der Waals surface area (Å²) in [6.07, 6.45) is 1.41. The van der Waals surface area contributed by atoms with E-state index < -0.39 is 13.8 Å². The van der Waals surface area contributed by atoms with Crippen LogP contribution in [-0.2, 0) is 9.36 Å². The van der Waals surface area contributed by atoms with Crippen molar-refractivity contribution in [3.63, 3.8) is 0 Å². The van der Waals surface area contributed by atoms with Crippen LogP contribution in [0.4, 0.5) is 0 Å². The third-order valence-corrected chi connectivity index (χ3v) is 0.319. The van der Waals surface area contributed by atoms with Gasteiger partial charge in [-0.05, 0) is 5.54 Å². The van der Waals surface area contributed by atoms with E-state index in [-0.39, 0.29) is 6.42 Å². The molecular formula is C6H12ClO6P. The Balaban J connectivity index is -0.000000138. The second-order valence-electron chi connectivity index (χ2n) is 1.55. The summed E-state index contributed by atoms with van der Waals surface area (Å²) in [5, 5.41) is 7.84. The van der Waals surface area contributed by atoms with Crippen molar-refractivity contribution >= 4 is 25.4 Å². The lowest BCUT2D eigenvalue weighted by atomic mass is 10.4. The van der Waals surface area contributed by atoms with E-state index in [1.165, 1.54) is 11.6 Å². The molecule has 0 rings (SSSR count). The van der Waals surface area contributed by atoms with E-state index in [0.717, 1.165) is 0 Å². The summed E-state index contributed by atoms with van der Waals surface area (Å²) >= 11 is 4.76. The number of hydrogen-bond donors (Lipinski definition) is 4. The molecule has 0 saturated heterocycles. The van der Waals surface area contributed by atoms with Gasteiger partial charge in [-0.2, -0.15) is 0 Å². The zero-order valence-corrected chi connectivity index (χ0v) is 8.86. The van der Waals surface area contributed by atoms with E-state index in [1.54, 1.807) is 0 Å². The third-order valence-electron chi connectivity index (χ3n) is 0.319. The lowest BCUT2D eigenvalue weighted by Gasteiger charge is -1.82. The van der Waals surface area contributed by atoms with Gasteiger partial charge in [0.05, 0.1) is 6.42 Å². The van der Waals surface area contributed by atoms with Gasteiger partial charge < -0.3 is 19.8 Å². The summed E-state index contributed by atoms with van der Waals surface area (Å²) in [5.74, 6) is -0.829. The highest BCUT2D eigenvalue weighted by Gasteiger charge is 2.00. The van der Waals surface area contributed by atoms with Gasteiger partial charge in [-0.1, -0.05) is 24.3 Å². The van der Waals surface area contributed by atoms with Crippen molar-refractivity contribution in [1.82, 2.24) is 0 Å². The topological polar surface area (TPSA) is 115 Å². The Kier molecular flexibility index (Phi) is 16.8. The van der Waals surface area contributed by atoms with E-state index in [2.05, 4.69) is 13.2 Å². The summed E-state index contributed by atoms with van der Waals surface area (Å²) in [7, 11) is -4.64. The standard InChI is InChI=1S/C4H6O2.C2H3Cl.H3O4P/c1-2-3-4(5)6;1-2-3;1-5(2,3)4/h2H,1,3H2,(H,5,6);2H,1H2;(H3,1,2,3,4). The Labute approximate surface area is 86.4 Å². The van der Waals surface area contributed by atoms with Gasteiger partial charge in [-0.25, -0.2) is 4.57 Å². The SMILES string of the molecule is C=CCC(=O)O.C=CCl.O=P(O)(O)O. The van der Waals surface area contributed by atoms with Crippen LogP contribution in [0.15, 0.2) is 24.8 Å². The third kappa shape index (κ3) is 220. The molecule has 0 aromatic rings. The highest BCUT2D eigenvalue weighted by Crippen LogP contribution is 2.25. The van der Waals surface area contributed by atoms with Crippen LogP contribution in [0.1, 0.15) is 6.42 Å². The lowest BCUT2D eigenvalue weighted by molar-refractivity contribution is -0.135. The van der Waals surface area contributed by atoms with Gasteiger partial charge in [0.25, 0.3) is 0 Å². The molecule has 0 saturated carbocycles. The van der Waals surface area contributed by atoms with Crippen molar-refractivity contribution in [2.45, 2.75) is 6.42 Å². The van der Waals surface area contributed by atoms with Crippen LogP contribution in [0.5, 0.6) is 0 Å². The molecule has 4 N–H and O–H groups in total. The average Bonchev–Trinajstić information content (AvgIpc) is 1.83. The molecule has 14 heavy (non-hydrogen) atoms. The zero-order chi connectivity index (χ0) is 12.2. The Hall–Kier alpha value is -0.650. The molecule has 0 bridgehead atoms. The predicted molar refractivity (Wildman–Crippen MR) is 52.8 cm³/mol. The smallest absolute Gasteiger partial charge is 0.466 e. The molecule has 0 aromatic heterocycles. The fourth-order valence-electron chi connectivity index (χ4n) is 0.123. The number of phosphoric acid groups is 1. The Morgan fingerprint density at radius 3 is 1.57 bits per heavy atom. The second kappa shape index (κ2) is 12.3. The number of carboxylic acids is 1. The Morgan fingerprint density at radius 2 is 1.57 bits per heavy atom. The van der Waals surface area contributed by atoms with Crippen molar-refractivity contribution in [3.05, 3.63) is 24.8 Å². The van der Waals surface area contributed by atoms with Gasteiger partial charge in [0.15, 0.2) is 0 Å². The van der Waals surface area contributed by atoms with Gasteiger partial charge in [0, 0.05) is 0 Å². The van der Waals surface area contributed by atoms with Crippen LogP contribution in [0.25, 0.3) is 0 Å². The average molecular weight is 247 g/mol. The zero-order valence-electron chi connectivity index (χ0n) is 7.21.